The van der Waals surface area contributed by atoms with Gasteiger partial charge in [0.15, 0.2) is 0 Å². The minimum absolute atomic E-state index is 0.101. The van der Waals surface area contributed by atoms with Crippen molar-refractivity contribution in [2.45, 2.75) is 31.8 Å². The van der Waals surface area contributed by atoms with Crippen LogP contribution in [-0.2, 0) is 4.79 Å². The summed E-state index contributed by atoms with van der Waals surface area (Å²) in [4.78, 5) is 24.1. The molecule has 0 heterocycles. The molecular formula is C9H17N3O2. The van der Waals surface area contributed by atoms with Gasteiger partial charge in [-0.25, -0.2) is 4.79 Å². The van der Waals surface area contributed by atoms with Crippen LogP contribution in [0, 0.1) is 0 Å². The second kappa shape index (κ2) is 4.30. The molecule has 0 bridgehead atoms. The van der Waals surface area contributed by atoms with Crippen molar-refractivity contribution in [3.63, 3.8) is 0 Å². The van der Waals surface area contributed by atoms with Gasteiger partial charge in [0.25, 0.3) is 0 Å². The number of carbonyl (C=O) groups excluding carboxylic acids is 2. The second-order valence-electron chi connectivity index (χ2n) is 3.85. The van der Waals surface area contributed by atoms with Gasteiger partial charge in [-0.1, -0.05) is 0 Å². The van der Waals surface area contributed by atoms with Crippen molar-refractivity contribution in [2.75, 3.05) is 14.1 Å². The fraction of sp³-hybridized carbons (Fsp3) is 0.778. The fourth-order valence-corrected chi connectivity index (χ4v) is 1.10. The molecule has 1 aliphatic rings. The molecule has 80 valence electrons. The molecule has 3 amide bonds. The van der Waals surface area contributed by atoms with Crippen molar-refractivity contribution in [1.29, 1.82) is 0 Å². The van der Waals surface area contributed by atoms with E-state index in [0.717, 1.165) is 12.8 Å². The van der Waals surface area contributed by atoms with E-state index in [0.29, 0.717) is 6.04 Å². The number of rotatable bonds is 3. The maximum absolute atomic E-state index is 11.4. The van der Waals surface area contributed by atoms with E-state index >= 15 is 0 Å². The number of urea groups is 1. The van der Waals surface area contributed by atoms with Crippen LogP contribution in [0.5, 0.6) is 0 Å². The summed E-state index contributed by atoms with van der Waals surface area (Å²) in [7, 11) is 3.33. The van der Waals surface area contributed by atoms with Gasteiger partial charge in [0.1, 0.15) is 6.04 Å². The Hall–Kier alpha value is -1.26. The Kier molecular flexibility index (Phi) is 3.33. The maximum atomic E-state index is 11.4. The molecular weight excluding hydrogens is 182 g/mol. The molecule has 1 unspecified atom stereocenters. The lowest BCUT2D eigenvalue weighted by Gasteiger charge is -2.18. The van der Waals surface area contributed by atoms with Gasteiger partial charge in [-0.05, 0) is 19.8 Å². The molecule has 0 radical (unpaired) electrons. The Bertz CT molecular complexity index is 236. The highest BCUT2D eigenvalue weighted by atomic mass is 16.2. The van der Waals surface area contributed by atoms with Crippen LogP contribution < -0.4 is 10.6 Å². The van der Waals surface area contributed by atoms with E-state index in [4.69, 9.17) is 0 Å². The number of hydrogen-bond acceptors (Lipinski definition) is 2. The zero-order valence-electron chi connectivity index (χ0n) is 8.83. The fourth-order valence-electron chi connectivity index (χ4n) is 1.10. The van der Waals surface area contributed by atoms with Crippen molar-refractivity contribution in [3.8, 4) is 0 Å². The van der Waals surface area contributed by atoms with Crippen molar-refractivity contribution in [2.24, 2.45) is 0 Å². The van der Waals surface area contributed by atoms with Gasteiger partial charge in [0.05, 0.1) is 0 Å². The molecule has 0 spiro atoms. The molecule has 0 aromatic heterocycles. The second-order valence-corrected chi connectivity index (χ2v) is 3.85. The van der Waals surface area contributed by atoms with Crippen molar-refractivity contribution in [3.05, 3.63) is 0 Å². The first-order valence-electron chi connectivity index (χ1n) is 4.79. The zero-order valence-corrected chi connectivity index (χ0v) is 8.83. The van der Waals surface area contributed by atoms with Gasteiger partial charge < -0.3 is 15.5 Å². The monoisotopic (exact) mass is 199 g/mol. The average molecular weight is 199 g/mol. The first-order valence-corrected chi connectivity index (χ1v) is 4.79. The van der Waals surface area contributed by atoms with Crippen LogP contribution in [0.25, 0.3) is 0 Å². The van der Waals surface area contributed by atoms with Gasteiger partial charge in [0.2, 0.25) is 5.91 Å². The third-order valence-corrected chi connectivity index (χ3v) is 2.07. The third-order valence-electron chi connectivity index (χ3n) is 2.07. The van der Waals surface area contributed by atoms with Crippen LogP contribution in [0.3, 0.4) is 0 Å². The minimum atomic E-state index is -0.469. The van der Waals surface area contributed by atoms with Crippen LogP contribution in [0.4, 0.5) is 4.79 Å². The van der Waals surface area contributed by atoms with Gasteiger partial charge in [-0.2, -0.15) is 0 Å². The minimum Gasteiger partial charge on any atom is -0.347 e. The number of amides is 3. The number of hydrogen-bond donors (Lipinski definition) is 2. The van der Waals surface area contributed by atoms with E-state index < -0.39 is 6.04 Å². The summed E-state index contributed by atoms with van der Waals surface area (Å²) in [6.45, 7) is 1.68. The molecule has 0 aliphatic heterocycles. The average Bonchev–Trinajstić information content (AvgIpc) is 2.86. The van der Waals surface area contributed by atoms with E-state index in [-0.39, 0.29) is 11.9 Å². The summed E-state index contributed by atoms with van der Waals surface area (Å²) in [5.74, 6) is -0.101. The van der Waals surface area contributed by atoms with Crippen molar-refractivity contribution in [1.82, 2.24) is 15.5 Å². The molecule has 1 rings (SSSR count). The first-order chi connectivity index (χ1) is 6.50. The Morgan fingerprint density at radius 1 is 1.36 bits per heavy atom. The molecule has 5 nitrogen and oxygen atoms in total. The van der Waals surface area contributed by atoms with E-state index in [1.807, 2.05) is 0 Å². The van der Waals surface area contributed by atoms with Gasteiger partial charge in [-0.3, -0.25) is 4.79 Å². The summed E-state index contributed by atoms with van der Waals surface area (Å²) in [5.41, 5.74) is 0. The molecule has 1 atom stereocenters. The summed E-state index contributed by atoms with van der Waals surface area (Å²) in [5, 5.41) is 5.35. The number of nitrogens with one attached hydrogen (secondary N) is 2. The molecule has 0 aromatic carbocycles. The largest absolute Gasteiger partial charge is 0.347 e. The summed E-state index contributed by atoms with van der Waals surface area (Å²) < 4.78 is 0. The highest BCUT2D eigenvalue weighted by molar-refractivity contribution is 5.86. The highest BCUT2D eigenvalue weighted by Gasteiger charge is 2.25. The quantitative estimate of drug-likeness (QED) is 0.668. The topological polar surface area (TPSA) is 61.4 Å². The Morgan fingerprint density at radius 3 is 2.36 bits per heavy atom. The highest BCUT2D eigenvalue weighted by Crippen LogP contribution is 2.18. The first kappa shape index (κ1) is 10.8. The van der Waals surface area contributed by atoms with E-state index in [1.54, 1.807) is 21.0 Å². The molecule has 1 fully saturated rings. The number of likely N-dealkylation sites (N-methyl/N-ethyl adjacent to an activating group) is 1. The van der Waals surface area contributed by atoms with Crippen molar-refractivity contribution >= 4 is 11.9 Å². The number of nitrogens with zero attached hydrogens (tertiary/aromatic N) is 1. The molecule has 14 heavy (non-hydrogen) atoms. The molecule has 5 heteroatoms. The standard InChI is InChI=1S/C9H17N3O2/c1-6(8(13)12(2)3)10-9(14)11-7-4-5-7/h6-7H,4-5H2,1-3H3,(H2,10,11,14). The summed E-state index contributed by atoms with van der Waals surface area (Å²) in [6, 6.07) is -0.407. The molecule has 0 saturated heterocycles. The summed E-state index contributed by atoms with van der Waals surface area (Å²) >= 11 is 0. The predicted molar refractivity (Wildman–Crippen MR) is 52.8 cm³/mol. The van der Waals surface area contributed by atoms with Crippen LogP contribution in [0.2, 0.25) is 0 Å². The Labute approximate surface area is 83.8 Å². The van der Waals surface area contributed by atoms with Crippen molar-refractivity contribution < 1.29 is 9.59 Å². The lowest BCUT2D eigenvalue weighted by Crippen LogP contribution is -2.48. The van der Waals surface area contributed by atoms with Crippen LogP contribution in [-0.4, -0.2) is 43.0 Å². The normalized spacial score (nSPS) is 17.1. The van der Waals surface area contributed by atoms with Crippen LogP contribution >= 0.6 is 0 Å². The van der Waals surface area contributed by atoms with Gasteiger partial charge >= 0.3 is 6.03 Å². The van der Waals surface area contributed by atoms with E-state index in [9.17, 15) is 9.59 Å². The van der Waals surface area contributed by atoms with Crippen LogP contribution in [0.1, 0.15) is 19.8 Å². The van der Waals surface area contributed by atoms with Gasteiger partial charge in [-0.15, -0.1) is 0 Å². The lowest BCUT2D eigenvalue weighted by molar-refractivity contribution is -0.130. The smallest absolute Gasteiger partial charge is 0.315 e. The van der Waals surface area contributed by atoms with E-state index in [2.05, 4.69) is 10.6 Å². The summed E-state index contributed by atoms with van der Waals surface area (Å²) in [6.07, 6.45) is 2.09. The van der Waals surface area contributed by atoms with E-state index in [1.165, 1.54) is 4.90 Å². The lowest BCUT2D eigenvalue weighted by atomic mass is 10.3. The Morgan fingerprint density at radius 2 is 1.93 bits per heavy atom. The maximum Gasteiger partial charge on any atom is 0.315 e. The molecule has 1 saturated carbocycles. The van der Waals surface area contributed by atoms with Crippen LogP contribution in [0.15, 0.2) is 0 Å². The molecule has 0 aromatic rings. The molecule has 2 N–H and O–H groups in total. The third kappa shape index (κ3) is 3.24. The number of carbonyl (C=O) groups is 2. The SMILES string of the molecule is CC(NC(=O)NC1CC1)C(=O)N(C)C. The zero-order chi connectivity index (χ0) is 10.7. The predicted octanol–water partition coefficient (Wildman–Crippen LogP) is -0.0753. The molecule has 1 aliphatic carbocycles. The van der Waals surface area contributed by atoms with Gasteiger partial charge in [0, 0.05) is 20.1 Å². The Balaban J connectivity index is 2.27.